The summed E-state index contributed by atoms with van der Waals surface area (Å²) < 4.78 is 0. The third kappa shape index (κ3) is 2.21. The summed E-state index contributed by atoms with van der Waals surface area (Å²) in [6, 6.07) is 12.0. The van der Waals surface area contributed by atoms with E-state index in [2.05, 4.69) is 42.2 Å². The van der Waals surface area contributed by atoms with Gasteiger partial charge in [0.25, 0.3) is 0 Å². The summed E-state index contributed by atoms with van der Waals surface area (Å²) in [4.78, 5) is 2.68. The van der Waals surface area contributed by atoms with E-state index in [1.54, 1.807) is 0 Å². The maximum Gasteiger partial charge on any atom is 0.0506 e. The van der Waals surface area contributed by atoms with Crippen molar-refractivity contribution in [1.29, 1.82) is 0 Å². The second-order valence-corrected chi connectivity index (χ2v) is 6.37. The number of hydrogen-bond acceptors (Lipinski definition) is 2. The topological polar surface area (TPSA) is 23.5 Å². The van der Waals surface area contributed by atoms with E-state index in [1.165, 1.54) is 37.8 Å². The predicted molar refractivity (Wildman–Crippen MR) is 78.1 cm³/mol. The van der Waals surface area contributed by atoms with Crippen LogP contribution >= 0.6 is 0 Å². The molecule has 2 aliphatic heterocycles. The van der Waals surface area contributed by atoms with Gasteiger partial charge in [-0.2, -0.15) is 0 Å². The molecule has 2 heterocycles. The van der Waals surface area contributed by atoms with Crippen molar-refractivity contribution >= 4 is 0 Å². The Morgan fingerprint density at radius 3 is 2.74 bits per heavy atom. The van der Waals surface area contributed by atoms with E-state index < -0.39 is 0 Å². The van der Waals surface area contributed by atoms with Gasteiger partial charge in [0.05, 0.1) is 6.61 Å². The molecule has 0 radical (unpaired) electrons. The van der Waals surface area contributed by atoms with Crippen molar-refractivity contribution in [3.05, 3.63) is 35.9 Å². The highest BCUT2D eigenvalue weighted by Crippen LogP contribution is 2.51. The van der Waals surface area contributed by atoms with Crippen molar-refractivity contribution in [3.8, 4) is 0 Å². The minimum absolute atomic E-state index is 0.111. The van der Waals surface area contributed by atoms with Gasteiger partial charge in [-0.3, -0.25) is 4.90 Å². The van der Waals surface area contributed by atoms with E-state index >= 15 is 0 Å². The molecule has 3 atom stereocenters. The third-order valence-electron chi connectivity index (χ3n) is 5.19. The first-order valence-electron chi connectivity index (χ1n) is 7.69. The van der Waals surface area contributed by atoms with Crippen LogP contribution in [0, 0.1) is 5.41 Å². The van der Waals surface area contributed by atoms with Gasteiger partial charge in [-0.05, 0) is 44.2 Å². The van der Waals surface area contributed by atoms with Crippen LogP contribution in [-0.2, 0) is 6.42 Å². The Kier molecular flexibility index (Phi) is 3.64. The summed E-state index contributed by atoms with van der Waals surface area (Å²) in [5.41, 5.74) is 1.49. The number of rotatable bonds is 5. The van der Waals surface area contributed by atoms with Gasteiger partial charge in [-0.15, -0.1) is 0 Å². The van der Waals surface area contributed by atoms with E-state index in [1.807, 2.05) is 0 Å². The lowest BCUT2D eigenvalue weighted by Gasteiger charge is -2.36. The highest BCUT2D eigenvalue weighted by atomic mass is 16.3. The molecule has 2 heteroatoms. The van der Waals surface area contributed by atoms with E-state index in [0.717, 1.165) is 12.5 Å². The van der Waals surface area contributed by atoms with Crippen molar-refractivity contribution in [2.24, 2.45) is 5.41 Å². The van der Waals surface area contributed by atoms with E-state index in [4.69, 9.17) is 0 Å². The van der Waals surface area contributed by atoms with Crippen LogP contribution < -0.4 is 0 Å². The molecule has 104 valence electrons. The molecule has 2 bridgehead atoms. The molecule has 0 spiro atoms. The summed E-state index contributed by atoms with van der Waals surface area (Å²) >= 11 is 0. The van der Waals surface area contributed by atoms with Gasteiger partial charge in [-0.1, -0.05) is 37.3 Å². The first-order chi connectivity index (χ1) is 9.29. The molecule has 1 N–H and O–H groups in total. The van der Waals surface area contributed by atoms with Crippen molar-refractivity contribution in [2.45, 2.75) is 51.1 Å². The Balaban J connectivity index is 1.81. The number of benzene rings is 1. The zero-order valence-corrected chi connectivity index (χ0v) is 11.9. The molecule has 0 aliphatic carbocycles. The van der Waals surface area contributed by atoms with Crippen LogP contribution in [0.2, 0.25) is 0 Å². The molecule has 1 aromatic rings. The van der Waals surface area contributed by atoms with Crippen LogP contribution in [0.1, 0.15) is 38.2 Å². The fourth-order valence-corrected chi connectivity index (χ4v) is 4.43. The van der Waals surface area contributed by atoms with Crippen molar-refractivity contribution in [3.63, 3.8) is 0 Å². The van der Waals surface area contributed by atoms with Crippen LogP contribution in [0.3, 0.4) is 0 Å². The van der Waals surface area contributed by atoms with Gasteiger partial charge >= 0.3 is 0 Å². The SMILES string of the molecule is CCCN1[C@H]2CC[C@@H]1[C@@](CO)(Cc1ccccc1)C2. The number of nitrogens with zero attached hydrogens (tertiary/aromatic N) is 1. The van der Waals surface area contributed by atoms with E-state index in [-0.39, 0.29) is 5.41 Å². The fourth-order valence-electron chi connectivity index (χ4n) is 4.43. The molecule has 2 nitrogen and oxygen atoms in total. The van der Waals surface area contributed by atoms with Gasteiger partial charge < -0.3 is 5.11 Å². The van der Waals surface area contributed by atoms with E-state index in [9.17, 15) is 5.11 Å². The molecular formula is C17H25NO. The molecular weight excluding hydrogens is 234 g/mol. The third-order valence-corrected chi connectivity index (χ3v) is 5.19. The number of fused-ring (bicyclic) bond motifs is 2. The van der Waals surface area contributed by atoms with E-state index in [0.29, 0.717) is 12.6 Å². The minimum Gasteiger partial charge on any atom is -0.396 e. The van der Waals surface area contributed by atoms with Crippen molar-refractivity contribution in [2.75, 3.05) is 13.2 Å². The molecule has 1 aromatic carbocycles. The number of aliphatic hydroxyl groups excluding tert-OH is 1. The summed E-state index contributed by atoms with van der Waals surface area (Å²) in [5, 5.41) is 10.1. The van der Waals surface area contributed by atoms with Gasteiger partial charge in [0.15, 0.2) is 0 Å². The van der Waals surface area contributed by atoms with Crippen LogP contribution in [0.25, 0.3) is 0 Å². The molecule has 19 heavy (non-hydrogen) atoms. The van der Waals surface area contributed by atoms with Crippen LogP contribution in [0.15, 0.2) is 30.3 Å². The average Bonchev–Trinajstić information content (AvgIpc) is 2.96. The first-order valence-corrected chi connectivity index (χ1v) is 7.69. The smallest absolute Gasteiger partial charge is 0.0506 e. The summed E-state index contributed by atoms with van der Waals surface area (Å²) in [6.45, 7) is 3.80. The van der Waals surface area contributed by atoms with Gasteiger partial charge in [0.2, 0.25) is 0 Å². The van der Waals surface area contributed by atoms with Crippen LogP contribution in [0.4, 0.5) is 0 Å². The summed E-state index contributed by atoms with van der Waals surface area (Å²) in [5.74, 6) is 0. The Bertz CT molecular complexity index is 419. The standard InChI is InChI=1S/C17H25NO/c1-2-10-18-15-8-9-16(18)17(12-15,13-19)11-14-6-4-3-5-7-14/h3-7,15-16,19H,2,8-13H2,1H3/t15-,16+,17-/m0/s1. The van der Waals surface area contributed by atoms with Gasteiger partial charge in [-0.25, -0.2) is 0 Å². The molecule has 2 fully saturated rings. The number of hydrogen-bond donors (Lipinski definition) is 1. The van der Waals surface area contributed by atoms with Gasteiger partial charge in [0.1, 0.15) is 0 Å². The Labute approximate surface area is 116 Å². The summed E-state index contributed by atoms with van der Waals surface area (Å²) in [7, 11) is 0. The zero-order valence-electron chi connectivity index (χ0n) is 11.9. The second-order valence-electron chi connectivity index (χ2n) is 6.37. The molecule has 0 unspecified atom stereocenters. The lowest BCUT2D eigenvalue weighted by molar-refractivity contribution is 0.0768. The largest absolute Gasteiger partial charge is 0.396 e. The zero-order chi connectivity index (χ0) is 13.3. The van der Waals surface area contributed by atoms with Crippen LogP contribution in [-0.4, -0.2) is 35.2 Å². The Hall–Kier alpha value is -0.860. The lowest BCUT2D eigenvalue weighted by atomic mass is 9.70. The Morgan fingerprint density at radius 1 is 1.26 bits per heavy atom. The predicted octanol–water partition coefficient (Wildman–Crippen LogP) is 2.85. The number of aliphatic hydroxyl groups is 1. The molecule has 2 aliphatic rings. The maximum absolute atomic E-state index is 10.1. The highest BCUT2D eigenvalue weighted by molar-refractivity contribution is 5.20. The lowest BCUT2D eigenvalue weighted by Crippen LogP contribution is -2.42. The maximum atomic E-state index is 10.1. The quantitative estimate of drug-likeness (QED) is 0.879. The first kappa shape index (κ1) is 13.1. The Morgan fingerprint density at radius 2 is 2.05 bits per heavy atom. The second kappa shape index (κ2) is 5.26. The average molecular weight is 259 g/mol. The van der Waals surface area contributed by atoms with Crippen molar-refractivity contribution in [1.82, 2.24) is 4.90 Å². The summed E-state index contributed by atoms with van der Waals surface area (Å²) in [6.07, 6.45) is 6.05. The normalized spacial score (nSPS) is 34.0. The highest BCUT2D eigenvalue weighted by Gasteiger charge is 2.54. The molecule has 0 amide bonds. The molecule has 0 saturated carbocycles. The molecule has 0 aromatic heterocycles. The van der Waals surface area contributed by atoms with Crippen LogP contribution in [0.5, 0.6) is 0 Å². The molecule has 3 rings (SSSR count). The van der Waals surface area contributed by atoms with Crippen molar-refractivity contribution < 1.29 is 5.11 Å². The molecule has 2 saturated heterocycles. The minimum atomic E-state index is 0.111. The van der Waals surface area contributed by atoms with Gasteiger partial charge in [0, 0.05) is 17.5 Å². The monoisotopic (exact) mass is 259 g/mol. The fraction of sp³-hybridized carbons (Fsp3) is 0.647.